The van der Waals surface area contributed by atoms with Crippen LogP contribution in [-0.4, -0.2) is 9.97 Å². The molecule has 2 heterocycles. The second-order valence-corrected chi connectivity index (χ2v) is 24.6. The molecule has 4 nitrogen and oxygen atoms in total. The first-order valence-electron chi connectivity index (χ1n) is 27.7. The minimum atomic E-state index is -0.103. The van der Waals surface area contributed by atoms with Crippen molar-refractivity contribution in [2.75, 3.05) is 9.80 Å². The highest BCUT2D eigenvalue weighted by Gasteiger charge is 2.40. The van der Waals surface area contributed by atoms with E-state index in [9.17, 15) is 0 Å². The highest BCUT2D eigenvalue weighted by Crippen LogP contribution is 2.56. The molecule has 0 unspecified atom stereocenters. The molecule has 0 bridgehead atoms. The van der Waals surface area contributed by atoms with Gasteiger partial charge in [0.2, 0.25) is 0 Å². The van der Waals surface area contributed by atoms with Crippen LogP contribution in [0.2, 0.25) is 0 Å². The van der Waals surface area contributed by atoms with Gasteiger partial charge in [-0.2, -0.15) is 0 Å². The van der Waals surface area contributed by atoms with E-state index in [1.165, 1.54) is 94.4 Å². The Morgan fingerprint density at radius 3 is 0.833 bits per heavy atom. The number of fused-ring (bicyclic) bond motifs is 12. The lowest BCUT2D eigenvalue weighted by Crippen LogP contribution is -2.16. The molecule has 0 spiro atoms. The van der Waals surface area contributed by atoms with Gasteiger partial charge in [-0.15, -0.1) is 0 Å². The molecule has 0 fully saturated rings. The van der Waals surface area contributed by atoms with Crippen molar-refractivity contribution in [3.8, 4) is 44.5 Å². The van der Waals surface area contributed by atoms with Gasteiger partial charge < -0.3 is 9.80 Å². The van der Waals surface area contributed by atoms with Gasteiger partial charge in [0, 0.05) is 84.0 Å². The van der Waals surface area contributed by atoms with Gasteiger partial charge in [-0.1, -0.05) is 177 Å². The van der Waals surface area contributed by atoms with Crippen LogP contribution in [0.3, 0.4) is 0 Å². The van der Waals surface area contributed by atoms with Crippen molar-refractivity contribution in [1.29, 1.82) is 0 Å². The molecule has 0 saturated heterocycles. The Morgan fingerprint density at radius 1 is 0.256 bits per heavy atom. The largest absolute Gasteiger partial charge is 0.310 e. The fourth-order valence-corrected chi connectivity index (χ4v) is 15.0. The van der Waals surface area contributed by atoms with Crippen molar-refractivity contribution >= 4 is 66.7 Å². The molecule has 10 aromatic carbocycles. The molecule has 78 heavy (non-hydrogen) atoms. The van der Waals surface area contributed by atoms with Crippen LogP contribution < -0.4 is 9.80 Å². The van der Waals surface area contributed by atoms with Gasteiger partial charge in [-0.05, 0) is 162 Å². The normalized spacial score (nSPS) is 15.8. The lowest BCUT2D eigenvalue weighted by atomic mass is 9.82. The first-order valence-corrected chi connectivity index (χ1v) is 27.7. The van der Waals surface area contributed by atoms with Crippen LogP contribution in [0.5, 0.6) is 0 Å². The van der Waals surface area contributed by atoms with Crippen molar-refractivity contribution in [1.82, 2.24) is 9.97 Å². The van der Waals surface area contributed by atoms with Crippen LogP contribution in [0.15, 0.2) is 207 Å². The standard InChI is InChI=1S/C74H58N4/c1-71(2)59-21-13-9-17-51(59)55-35-45(25-29-63(55)71)77(46-26-30-64-56(36-46)52-18-10-14-22-60(52)72(64,3)4)49-33-43-41-75-67-39-50(40-68-70(67)69(43)44(34-49)42-76-68)78(47-27-31-65-57(37-47)53-19-11-15-23-61(53)73(65,5)6)48-28-32-66-58(38-48)54-20-12-16-24-62(54)74(66,7)8/h9-42H,1-8H3. The minimum Gasteiger partial charge on any atom is -0.310 e. The van der Waals surface area contributed by atoms with Gasteiger partial charge in [0.15, 0.2) is 0 Å². The average Bonchev–Trinajstić information content (AvgIpc) is 4.21. The van der Waals surface area contributed by atoms with Crippen LogP contribution in [0.4, 0.5) is 34.1 Å². The second-order valence-electron chi connectivity index (χ2n) is 24.6. The number of nitrogens with zero attached hydrogens (tertiary/aromatic N) is 4. The third-order valence-electron chi connectivity index (χ3n) is 19.0. The molecule has 0 amide bonds. The molecule has 374 valence electrons. The quantitative estimate of drug-likeness (QED) is 0.155. The third kappa shape index (κ3) is 6.01. The van der Waals surface area contributed by atoms with Crippen LogP contribution >= 0.6 is 0 Å². The summed E-state index contributed by atoms with van der Waals surface area (Å²) >= 11 is 0. The Kier molecular flexibility index (Phi) is 8.96. The van der Waals surface area contributed by atoms with Gasteiger partial charge in [-0.3, -0.25) is 9.97 Å². The summed E-state index contributed by atoms with van der Waals surface area (Å²) in [5.74, 6) is 0. The molecule has 4 aliphatic carbocycles. The monoisotopic (exact) mass is 1000 g/mol. The first kappa shape index (κ1) is 45.3. The molecular weight excluding hydrogens is 945 g/mol. The molecular formula is C74H58N4. The lowest BCUT2D eigenvalue weighted by molar-refractivity contribution is 0.660. The van der Waals surface area contributed by atoms with E-state index < -0.39 is 0 Å². The van der Waals surface area contributed by atoms with Crippen LogP contribution in [0, 0.1) is 0 Å². The fourth-order valence-electron chi connectivity index (χ4n) is 15.0. The Hall–Kier alpha value is -8.86. The summed E-state index contributed by atoms with van der Waals surface area (Å²) in [7, 11) is 0. The maximum Gasteiger partial charge on any atom is 0.0751 e. The smallest absolute Gasteiger partial charge is 0.0751 e. The molecule has 0 saturated carbocycles. The molecule has 0 aliphatic heterocycles. The van der Waals surface area contributed by atoms with E-state index in [-0.39, 0.29) is 21.7 Å². The van der Waals surface area contributed by atoms with Crippen LogP contribution in [0.1, 0.15) is 99.9 Å². The Morgan fingerprint density at radius 2 is 0.526 bits per heavy atom. The number of rotatable bonds is 6. The van der Waals surface area contributed by atoms with Gasteiger partial charge >= 0.3 is 0 Å². The molecule has 4 heteroatoms. The highest BCUT2D eigenvalue weighted by molar-refractivity contribution is 6.22. The van der Waals surface area contributed by atoms with Crippen molar-refractivity contribution in [2.24, 2.45) is 0 Å². The predicted octanol–water partition coefficient (Wildman–Crippen LogP) is 19.5. The molecule has 0 radical (unpaired) electrons. The SMILES string of the molecule is CC1(C)c2ccccc2-c2cc(N(c3ccc4c(c3)-c3ccccc3C4(C)C)c3cc4cnc5cc(N(c6ccc7c(c6)-c6ccccc6C7(C)C)c6ccc7c(c6)-c6ccccc6C7(C)C)cc6ncc(c3)c4c56)ccc21. The second kappa shape index (κ2) is 15.4. The number of anilines is 6. The van der Waals surface area contributed by atoms with E-state index in [0.717, 1.165) is 61.3 Å². The molecule has 4 aliphatic rings. The molecule has 0 N–H and O–H groups in total. The zero-order chi connectivity index (χ0) is 52.8. The third-order valence-corrected chi connectivity index (χ3v) is 19.0. The van der Waals surface area contributed by atoms with Gasteiger partial charge in [0.1, 0.15) is 0 Å². The van der Waals surface area contributed by atoms with Crippen molar-refractivity contribution in [3.63, 3.8) is 0 Å². The summed E-state index contributed by atoms with van der Waals surface area (Å²) in [6.45, 7) is 18.8. The first-order chi connectivity index (χ1) is 37.7. The van der Waals surface area contributed by atoms with Gasteiger partial charge in [0.05, 0.1) is 16.7 Å². The fraction of sp³-hybridized carbons (Fsp3) is 0.162. The van der Waals surface area contributed by atoms with E-state index >= 15 is 0 Å². The molecule has 2 aromatic heterocycles. The van der Waals surface area contributed by atoms with E-state index in [4.69, 9.17) is 9.97 Å². The summed E-state index contributed by atoms with van der Waals surface area (Å²) in [6, 6.07) is 73.4. The van der Waals surface area contributed by atoms with Gasteiger partial charge in [-0.25, -0.2) is 0 Å². The number of hydrogen-bond donors (Lipinski definition) is 0. The maximum atomic E-state index is 5.39. The summed E-state index contributed by atoms with van der Waals surface area (Å²) < 4.78 is 0. The summed E-state index contributed by atoms with van der Waals surface area (Å²) in [6.07, 6.45) is 4.18. The van der Waals surface area contributed by atoms with E-state index in [0.29, 0.717) is 0 Å². The molecule has 0 atom stereocenters. The number of benzene rings is 10. The summed E-state index contributed by atoms with van der Waals surface area (Å²) in [5, 5.41) is 4.41. The number of aromatic nitrogens is 2. The highest BCUT2D eigenvalue weighted by atomic mass is 15.2. The number of pyridine rings is 2. The zero-order valence-corrected chi connectivity index (χ0v) is 45.4. The van der Waals surface area contributed by atoms with E-state index in [1.807, 2.05) is 0 Å². The van der Waals surface area contributed by atoms with Gasteiger partial charge in [0.25, 0.3) is 0 Å². The van der Waals surface area contributed by atoms with E-state index in [1.54, 1.807) is 0 Å². The van der Waals surface area contributed by atoms with E-state index in [2.05, 4.69) is 272 Å². The Labute approximate surface area is 456 Å². The molecule has 12 aromatic rings. The Balaban J connectivity index is 0.875. The number of hydrogen-bond acceptors (Lipinski definition) is 4. The average molecular weight is 1000 g/mol. The lowest BCUT2D eigenvalue weighted by Gasteiger charge is -2.29. The van der Waals surface area contributed by atoms with Crippen LogP contribution in [-0.2, 0) is 21.7 Å². The summed E-state index contributed by atoms with van der Waals surface area (Å²) in [5.41, 5.74) is 29.2. The van der Waals surface area contributed by atoms with Crippen molar-refractivity contribution in [3.05, 3.63) is 251 Å². The zero-order valence-electron chi connectivity index (χ0n) is 45.4. The molecule has 16 rings (SSSR count). The Bertz CT molecular complexity index is 4020. The topological polar surface area (TPSA) is 32.3 Å². The minimum absolute atomic E-state index is 0.0991. The van der Waals surface area contributed by atoms with Crippen molar-refractivity contribution < 1.29 is 0 Å². The van der Waals surface area contributed by atoms with Crippen LogP contribution in [0.25, 0.3) is 77.1 Å². The predicted molar refractivity (Wildman–Crippen MR) is 325 cm³/mol. The maximum absolute atomic E-state index is 5.39. The summed E-state index contributed by atoms with van der Waals surface area (Å²) in [4.78, 5) is 15.7. The van der Waals surface area contributed by atoms with Crippen molar-refractivity contribution in [2.45, 2.75) is 77.0 Å².